The summed E-state index contributed by atoms with van der Waals surface area (Å²) in [5.41, 5.74) is 1.51. The van der Waals surface area contributed by atoms with Gasteiger partial charge in [0.25, 0.3) is 5.91 Å². The van der Waals surface area contributed by atoms with E-state index in [1.54, 1.807) is 26.2 Å². The van der Waals surface area contributed by atoms with E-state index in [4.69, 9.17) is 9.15 Å². The highest BCUT2D eigenvalue weighted by atomic mass is 16.5. The van der Waals surface area contributed by atoms with E-state index in [9.17, 15) is 9.59 Å². The third-order valence-electron chi connectivity index (χ3n) is 5.77. The third kappa shape index (κ3) is 3.20. The third-order valence-corrected chi connectivity index (χ3v) is 5.77. The number of nitrogens with zero attached hydrogens (tertiary/aromatic N) is 3. The summed E-state index contributed by atoms with van der Waals surface area (Å²) in [7, 11) is 1.65. The van der Waals surface area contributed by atoms with Gasteiger partial charge in [-0.3, -0.25) is 9.59 Å². The minimum Gasteiger partial charge on any atom is -0.441 e. The zero-order valence-electron chi connectivity index (χ0n) is 15.9. The molecule has 0 unspecified atom stereocenters. The Morgan fingerprint density at radius 2 is 2.19 bits per heavy atom. The van der Waals surface area contributed by atoms with Crippen LogP contribution in [0.15, 0.2) is 22.6 Å². The summed E-state index contributed by atoms with van der Waals surface area (Å²) in [6.07, 6.45) is 2.55. The molecule has 4 rings (SSSR count). The molecule has 0 aliphatic carbocycles. The van der Waals surface area contributed by atoms with Crippen molar-refractivity contribution < 1.29 is 18.7 Å². The molecule has 2 saturated heterocycles. The molecule has 7 nitrogen and oxygen atoms in total. The van der Waals surface area contributed by atoms with E-state index in [0.29, 0.717) is 43.3 Å². The molecule has 7 heteroatoms. The van der Waals surface area contributed by atoms with E-state index in [2.05, 4.69) is 4.98 Å². The molecule has 0 saturated carbocycles. The highest BCUT2D eigenvalue weighted by Crippen LogP contribution is 2.40. The molecule has 1 aromatic carbocycles. The van der Waals surface area contributed by atoms with Gasteiger partial charge in [0.1, 0.15) is 5.52 Å². The number of oxazole rings is 1. The number of carbonyl (C=O) groups is 2. The molecule has 3 heterocycles. The number of likely N-dealkylation sites (tertiary alicyclic amines) is 2. The number of carbonyl (C=O) groups excluding carboxylic acids is 2. The number of ether oxygens (including phenoxy) is 1. The van der Waals surface area contributed by atoms with Gasteiger partial charge in [-0.15, -0.1) is 0 Å². The molecule has 2 fully saturated rings. The molecule has 0 N–H and O–H groups in total. The van der Waals surface area contributed by atoms with Crippen molar-refractivity contribution in [1.29, 1.82) is 0 Å². The fraction of sp³-hybridized carbons (Fsp3) is 0.550. The average molecular weight is 371 g/mol. The molecule has 1 aromatic heterocycles. The van der Waals surface area contributed by atoms with Crippen LogP contribution >= 0.6 is 0 Å². The Hall–Kier alpha value is -2.41. The first-order valence-electron chi connectivity index (χ1n) is 9.47. The molecule has 0 bridgehead atoms. The summed E-state index contributed by atoms with van der Waals surface area (Å²) in [6.45, 7) is 4.82. The fourth-order valence-electron chi connectivity index (χ4n) is 4.35. The van der Waals surface area contributed by atoms with E-state index in [-0.39, 0.29) is 11.8 Å². The summed E-state index contributed by atoms with van der Waals surface area (Å²) in [6, 6.07) is 5.34. The van der Waals surface area contributed by atoms with Crippen LogP contribution < -0.4 is 0 Å². The SMILES string of the molecule is COCCN1CCC[C@]2(CCN(C(=O)c3ccc4nc(C)oc4c3)C2)C1=O. The maximum Gasteiger partial charge on any atom is 0.254 e. The number of methoxy groups -OCH3 is 1. The Balaban J connectivity index is 1.50. The number of fused-ring (bicyclic) bond motifs is 1. The molecule has 1 atom stereocenters. The van der Waals surface area contributed by atoms with Crippen molar-refractivity contribution >= 4 is 22.9 Å². The smallest absolute Gasteiger partial charge is 0.254 e. The Kier molecular flexibility index (Phi) is 4.63. The van der Waals surface area contributed by atoms with E-state index in [1.165, 1.54) is 0 Å². The van der Waals surface area contributed by atoms with Crippen LogP contribution in [0.4, 0.5) is 0 Å². The Labute approximate surface area is 158 Å². The Morgan fingerprint density at radius 1 is 1.33 bits per heavy atom. The highest BCUT2D eigenvalue weighted by molar-refractivity contribution is 5.98. The van der Waals surface area contributed by atoms with Gasteiger partial charge in [-0.25, -0.2) is 4.98 Å². The standard InChI is InChI=1S/C20H25N3O4/c1-14-21-16-5-4-15(12-17(16)27-14)18(24)23-9-7-20(13-23)6-3-8-22(19(20)25)10-11-26-2/h4-5,12H,3,6-11,13H2,1-2H3/t20-/m1/s1. The number of hydrogen-bond donors (Lipinski definition) is 0. The number of aryl methyl sites for hydroxylation is 1. The predicted molar refractivity (Wildman–Crippen MR) is 99.4 cm³/mol. The Morgan fingerprint density at radius 3 is 3.00 bits per heavy atom. The van der Waals surface area contributed by atoms with Crippen LogP contribution in [-0.2, 0) is 9.53 Å². The lowest BCUT2D eigenvalue weighted by molar-refractivity contribution is -0.146. The van der Waals surface area contributed by atoms with E-state index < -0.39 is 5.41 Å². The summed E-state index contributed by atoms with van der Waals surface area (Å²) < 4.78 is 10.7. The summed E-state index contributed by atoms with van der Waals surface area (Å²) in [5, 5.41) is 0. The lowest BCUT2D eigenvalue weighted by atomic mass is 9.78. The monoisotopic (exact) mass is 371 g/mol. The van der Waals surface area contributed by atoms with Gasteiger partial charge in [0.15, 0.2) is 11.5 Å². The number of rotatable bonds is 4. The van der Waals surface area contributed by atoms with Crippen LogP contribution in [-0.4, -0.2) is 66.5 Å². The van der Waals surface area contributed by atoms with Gasteiger partial charge in [0.2, 0.25) is 5.91 Å². The van der Waals surface area contributed by atoms with Crippen molar-refractivity contribution in [2.45, 2.75) is 26.2 Å². The average Bonchev–Trinajstić information content (AvgIpc) is 3.25. The van der Waals surface area contributed by atoms with Crippen LogP contribution in [0.1, 0.15) is 35.5 Å². The first-order chi connectivity index (χ1) is 13.0. The second-order valence-electron chi connectivity index (χ2n) is 7.56. The summed E-state index contributed by atoms with van der Waals surface area (Å²) in [5.74, 6) is 0.700. The quantitative estimate of drug-likeness (QED) is 0.824. The van der Waals surface area contributed by atoms with Crippen LogP contribution in [0.2, 0.25) is 0 Å². The fourth-order valence-corrected chi connectivity index (χ4v) is 4.35. The molecule has 2 aromatic rings. The molecule has 2 amide bonds. The van der Waals surface area contributed by atoms with Gasteiger partial charge >= 0.3 is 0 Å². The zero-order valence-corrected chi connectivity index (χ0v) is 15.9. The number of hydrogen-bond acceptors (Lipinski definition) is 5. The van der Waals surface area contributed by atoms with E-state index in [1.807, 2.05) is 15.9 Å². The van der Waals surface area contributed by atoms with Gasteiger partial charge in [0, 0.05) is 45.8 Å². The molecule has 0 radical (unpaired) electrons. The van der Waals surface area contributed by atoms with Gasteiger partial charge in [0.05, 0.1) is 12.0 Å². The topological polar surface area (TPSA) is 75.9 Å². The molecule has 27 heavy (non-hydrogen) atoms. The molecule has 1 spiro atoms. The maximum absolute atomic E-state index is 13.0. The molecule has 2 aliphatic heterocycles. The molecular weight excluding hydrogens is 346 g/mol. The second-order valence-corrected chi connectivity index (χ2v) is 7.56. The summed E-state index contributed by atoms with van der Waals surface area (Å²) in [4.78, 5) is 34.0. The van der Waals surface area contributed by atoms with Crippen LogP contribution in [0, 0.1) is 12.3 Å². The van der Waals surface area contributed by atoms with Gasteiger partial charge in [-0.1, -0.05) is 0 Å². The van der Waals surface area contributed by atoms with Gasteiger partial charge in [-0.2, -0.15) is 0 Å². The number of aromatic nitrogens is 1. The number of piperidine rings is 1. The second kappa shape index (κ2) is 6.96. The molecule has 144 valence electrons. The van der Waals surface area contributed by atoms with Gasteiger partial charge in [-0.05, 0) is 37.5 Å². The van der Waals surface area contributed by atoms with Crippen molar-refractivity contribution in [3.05, 3.63) is 29.7 Å². The van der Waals surface area contributed by atoms with Crippen molar-refractivity contribution in [3.8, 4) is 0 Å². The normalized spacial score (nSPS) is 23.0. The Bertz CT molecular complexity index is 877. The molecule has 2 aliphatic rings. The summed E-state index contributed by atoms with van der Waals surface area (Å²) >= 11 is 0. The highest BCUT2D eigenvalue weighted by Gasteiger charge is 2.49. The van der Waals surface area contributed by atoms with Gasteiger partial charge < -0.3 is 19.0 Å². The first-order valence-corrected chi connectivity index (χ1v) is 9.47. The maximum atomic E-state index is 13.0. The van der Waals surface area contributed by atoms with Crippen molar-refractivity contribution in [1.82, 2.24) is 14.8 Å². The predicted octanol–water partition coefficient (Wildman–Crippen LogP) is 2.24. The zero-order chi connectivity index (χ0) is 19.0. The van der Waals surface area contributed by atoms with E-state index >= 15 is 0 Å². The van der Waals surface area contributed by atoms with Crippen molar-refractivity contribution in [2.75, 3.05) is 39.9 Å². The van der Waals surface area contributed by atoms with E-state index in [0.717, 1.165) is 31.3 Å². The van der Waals surface area contributed by atoms with Crippen LogP contribution in [0.5, 0.6) is 0 Å². The first kappa shape index (κ1) is 18.0. The van der Waals surface area contributed by atoms with Crippen molar-refractivity contribution in [2.24, 2.45) is 5.41 Å². The van der Waals surface area contributed by atoms with Crippen LogP contribution in [0.3, 0.4) is 0 Å². The lowest BCUT2D eigenvalue weighted by Crippen LogP contribution is -2.51. The number of benzene rings is 1. The lowest BCUT2D eigenvalue weighted by Gasteiger charge is -2.39. The molecular formula is C20H25N3O4. The van der Waals surface area contributed by atoms with Crippen molar-refractivity contribution in [3.63, 3.8) is 0 Å². The number of amides is 2. The minimum atomic E-state index is -0.436. The minimum absolute atomic E-state index is 0.0513. The van der Waals surface area contributed by atoms with Crippen LogP contribution in [0.25, 0.3) is 11.1 Å². The largest absolute Gasteiger partial charge is 0.441 e.